The molecule has 0 radical (unpaired) electrons. The van der Waals surface area contributed by atoms with Crippen LogP contribution in [0.4, 0.5) is 26.3 Å². The molecule has 2 atom stereocenters. The SMILES string of the molecule is CCN1CCC(OCc2cc(C(F)(F)F)cc(C(F)(F)F)c2)C(c2ccccc2)C1. The molecule has 1 fully saturated rings. The van der Waals surface area contributed by atoms with Crippen molar-refractivity contribution < 1.29 is 31.1 Å². The van der Waals surface area contributed by atoms with Gasteiger partial charge in [-0.1, -0.05) is 37.3 Å². The third kappa shape index (κ3) is 5.55. The molecular formula is C22H23F6NO. The summed E-state index contributed by atoms with van der Waals surface area (Å²) in [5.41, 5.74) is -1.74. The summed E-state index contributed by atoms with van der Waals surface area (Å²) in [6.45, 7) is 4.08. The van der Waals surface area contributed by atoms with Gasteiger partial charge in [-0.25, -0.2) is 0 Å². The van der Waals surface area contributed by atoms with Crippen LogP contribution in [0.15, 0.2) is 48.5 Å². The second kappa shape index (κ2) is 8.98. The molecule has 0 N–H and O–H groups in total. The van der Waals surface area contributed by atoms with Crippen molar-refractivity contribution in [2.45, 2.75) is 44.3 Å². The molecule has 1 heterocycles. The normalized spacial score (nSPS) is 21.0. The monoisotopic (exact) mass is 431 g/mol. The molecule has 0 bridgehead atoms. The Balaban J connectivity index is 1.82. The first kappa shape index (κ1) is 22.6. The molecule has 2 unspecified atom stereocenters. The Morgan fingerprint density at radius 1 is 0.933 bits per heavy atom. The average molecular weight is 431 g/mol. The van der Waals surface area contributed by atoms with Crippen LogP contribution in [0.5, 0.6) is 0 Å². The van der Waals surface area contributed by atoms with E-state index in [4.69, 9.17) is 4.74 Å². The molecule has 2 aromatic carbocycles. The number of likely N-dealkylation sites (N-methyl/N-ethyl adjacent to an activating group) is 1. The predicted octanol–water partition coefficient (Wildman–Crippen LogP) is 6.12. The summed E-state index contributed by atoms with van der Waals surface area (Å²) < 4.78 is 84.4. The van der Waals surface area contributed by atoms with Crippen molar-refractivity contribution >= 4 is 0 Å². The Labute approximate surface area is 171 Å². The van der Waals surface area contributed by atoms with Crippen LogP contribution >= 0.6 is 0 Å². The van der Waals surface area contributed by atoms with Crippen molar-refractivity contribution in [1.29, 1.82) is 0 Å². The number of benzene rings is 2. The first-order valence-corrected chi connectivity index (χ1v) is 9.75. The summed E-state index contributed by atoms with van der Waals surface area (Å²) in [5.74, 6) is -0.00668. The molecule has 164 valence electrons. The standard InChI is InChI=1S/C22H23F6NO/c1-2-29-9-8-20(19(13-29)16-6-4-3-5-7-16)30-14-15-10-17(21(23,24)25)12-18(11-15)22(26,27)28/h3-7,10-12,19-20H,2,8-9,13-14H2,1H3. The van der Waals surface area contributed by atoms with Crippen LogP contribution in [0.3, 0.4) is 0 Å². The molecule has 0 spiro atoms. The van der Waals surface area contributed by atoms with Gasteiger partial charge in [-0.05, 0) is 42.3 Å². The maximum absolute atomic E-state index is 13.1. The van der Waals surface area contributed by atoms with Crippen LogP contribution in [-0.2, 0) is 23.7 Å². The minimum Gasteiger partial charge on any atom is -0.373 e. The number of rotatable bonds is 5. The molecule has 3 rings (SSSR count). The second-order valence-corrected chi connectivity index (χ2v) is 7.46. The number of piperidine rings is 1. The molecule has 0 aromatic heterocycles. The van der Waals surface area contributed by atoms with E-state index >= 15 is 0 Å². The zero-order valence-electron chi connectivity index (χ0n) is 16.4. The van der Waals surface area contributed by atoms with Crippen molar-refractivity contribution in [3.05, 3.63) is 70.8 Å². The van der Waals surface area contributed by atoms with Gasteiger partial charge in [-0.3, -0.25) is 0 Å². The number of likely N-dealkylation sites (tertiary alicyclic amines) is 1. The molecule has 1 aliphatic rings. The number of ether oxygens (including phenoxy) is 1. The van der Waals surface area contributed by atoms with Crippen LogP contribution < -0.4 is 0 Å². The van der Waals surface area contributed by atoms with E-state index in [-0.39, 0.29) is 30.3 Å². The molecule has 2 aromatic rings. The topological polar surface area (TPSA) is 12.5 Å². The first-order chi connectivity index (χ1) is 14.1. The summed E-state index contributed by atoms with van der Waals surface area (Å²) in [5, 5.41) is 0. The lowest BCUT2D eigenvalue weighted by Gasteiger charge is -2.38. The first-order valence-electron chi connectivity index (χ1n) is 9.75. The Bertz CT molecular complexity index is 802. The van der Waals surface area contributed by atoms with Gasteiger partial charge in [-0.15, -0.1) is 0 Å². The highest BCUT2D eigenvalue weighted by atomic mass is 19.4. The quantitative estimate of drug-likeness (QED) is 0.529. The lowest BCUT2D eigenvalue weighted by atomic mass is 9.88. The summed E-state index contributed by atoms with van der Waals surface area (Å²) in [6, 6.07) is 11.2. The molecule has 0 saturated carbocycles. The van der Waals surface area contributed by atoms with Crippen LogP contribution in [-0.4, -0.2) is 30.6 Å². The smallest absolute Gasteiger partial charge is 0.373 e. The molecule has 1 saturated heterocycles. The van der Waals surface area contributed by atoms with Gasteiger partial charge in [0, 0.05) is 19.0 Å². The third-order valence-electron chi connectivity index (χ3n) is 5.42. The molecule has 0 amide bonds. The Hall–Kier alpha value is -2.06. The third-order valence-corrected chi connectivity index (χ3v) is 5.42. The largest absolute Gasteiger partial charge is 0.416 e. The van der Waals surface area contributed by atoms with Crippen molar-refractivity contribution in [2.75, 3.05) is 19.6 Å². The van der Waals surface area contributed by atoms with E-state index in [0.29, 0.717) is 6.42 Å². The fourth-order valence-corrected chi connectivity index (χ4v) is 3.81. The molecule has 8 heteroatoms. The van der Waals surface area contributed by atoms with Gasteiger partial charge >= 0.3 is 12.4 Å². The Kier molecular flexibility index (Phi) is 6.77. The number of halogens is 6. The summed E-state index contributed by atoms with van der Waals surface area (Å²) >= 11 is 0. The number of alkyl halides is 6. The van der Waals surface area contributed by atoms with E-state index < -0.39 is 23.5 Å². The molecule has 0 aliphatic carbocycles. The van der Waals surface area contributed by atoms with Gasteiger partial charge in [0.2, 0.25) is 0 Å². The Morgan fingerprint density at radius 2 is 1.53 bits per heavy atom. The highest BCUT2D eigenvalue weighted by molar-refractivity contribution is 5.33. The summed E-state index contributed by atoms with van der Waals surface area (Å²) in [4.78, 5) is 2.25. The fourth-order valence-electron chi connectivity index (χ4n) is 3.81. The van der Waals surface area contributed by atoms with Gasteiger partial charge in [0.15, 0.2) is 0 Å². The molecule has 1 aliphatic heterocycles. The number of nitrogens with zero attached hydrogens (tertiary/aromatic N) is 1. The van der Waals surface area contributed by atoms with Gasteiger partial charge in [0.25, 0.3) is 0 Å². The minimum absolute atomic E-state index is 0.00668. The minimum atomic E-state index is -4.87. The molecular weight excluding hydrogens is 408 g/mol. The van der Waals surface area contributed by atoms with Crippen molar-refractivity contribution in [1.82, 2.24) is 4.90 Å². The van der Waals surface area contributed by atoms with E-state index in [1.165, 1.54) is 0 Å². The van der Waals surface area contributed by atoms with Crippen LogP contribution in [0.2, 0.25) is 0 Å². The average Bonchev–Trinajstić information content (AvgIpc) is 2.71. The Morgan fingerprint density at radius 3 is 2.07 bits per heavy atom. The van der Waals surface area contributed by atoms with Gasteiger partial charge in [0.05, 0.1) is 23.8 Å². The summed E-state index contributed by atoms with van der Waals surface area (Å²) in [6.07, 6.45) is -9.37. The molecule has 2 nitrogen and oxygen atoms in total. The maximum Gasteiger partial charge on any atom is 0.416 e. The predicted molar refractivity (Wildman–Crippen MR) is 101 cm³/mol. The van der Waals surface area contributed by atoms with E-state index in [2.05, 4.69) is 4.90 Å². The fraction of sp³-hybridized carbons (Fsp3) is 0.455. The van der Waals surface area contributed by atoms with Crippen LogP contribution in [0, 0.1) is 0 Å². The number of hydrogen-bond donors (Lipinski definition) is 0. The molecule has 30 heavy (non-hydrogen) atoms. The van der Waals surface area contributed by atoms with Gasteiger partial charge in [-0.2, -0.15) is 26.3 Å². The lowest BCUT2D eigenvalue weighted by Crippen LogP contribution is -2.42. The van der Waals surface area contributed by atoms with E-state index in [9.17, 15) is 26.3 Å². The maximum atomic E-state index is 13.1. The zero-order chi connectivity index (χ0) is 21.9. The van der Waals surface area contributed by atoms with Gasteiger partial charge in [0.1, 0.15) is 0 Å². The highest BCUT2D eigenvalue weighted by Crippen LogP contribution is 2.37. The van der Waals surface area contributed by atoms with Crippen molar-refractivity contribution in [2.24, 2.45) is 0 Å². The van der Waals surface area contributed by atoms with E-state index in [1.54, 1.807) is 0 Å². The van der Waals surface area contributed by atoms with E-state index in [1.807, 2.05) is 37.3 Å². The number of hydrogen-bond acceptors (Lipinski definition) is 2. The second-order valence-electron chi connectivity index (χ2n) is 7.46. The van der Waals surface area contributed by atoms with Gasteiger partial charge < -0.3 is 9.64 Å². The van der Waals surface area contributed by atoms with Crippen molar-refractivity contribution in [3.63, 3.8) is 0 Å². The lowest BCUT2D eigenvalue weighted by molar-refractivity contribution is -0.143. The van der Waals surface area contributed by atoms with Crippen LogP contribution in [0.1, 0.15) is 41.5 Å². The van der Waals surface area contributed by atoms with Crippen LogP contribution in [0.25, 0.3) is 0 Å². The summed E-state index contributed by atoms with van der Waals surface area (Å²) in [7, 11) is 0. The zero-order valence-corrected chi connectivity index (χ0v) is 16.4. The van der Waals surface area contributed by atoms with E-state index in [0.717, 1.165) is 37.3 Å². The highest BCUT2D eigenvalue weighted by Gasteiger charge is 2.37. The van der Waals surface area contributed by atoms with Crippen molar-refractivity contribution in [3.8, 4) is 0 Å².